The first-order chi connectivity index (χ1) is 12.0. The van der Waals surface area contributed by atoms with E-state index in [-0.39, 0.29) is 17.7 Å². The number of pyridine rings is 1. The molecule has 6 nitrogen and oxygen atoms in total. The number of ketones is 1. The number of benzene rings is 1. The molecule has 1 aromatic carbocycles. The van der Waals surface area contributed by atoms with E-state index < -0.39 is 0 Å². The van der Waals surface area contributed by atoms with Gasteiger partial charge in [-0.3, -0.25) is 14.6 Å². The molecule has 1 unspecified atom stereocenters. The van der Waals surface area contributed by atoms with Crippen LogP contribution in [0.4, 0.5) is 0 Å². The van der Waals surface area contributed by atoms with Crippen LogP contribution in [0.2, 0.25) is 0 Å². The second kappa shape index (κ2) is 6.84. The van der Waals surface area contributed by atoms with Crippen molar-refractivity contribution in [2.45, 2.75) is 26.4 Å². The number of imidazole rings is 1. The molecule has 0 saturated carbocycles. The maximum Gasteiger partial charge on any atom is 0.254 e. The molecule has 3 rings (SSSR count). The van der Waals surface area contributed by atoms with Gasteiger partial charge in [0.25, 0.3) is 5.91 Å². The average Bonchev–Trinajstić information content (AvgIpc) is 2.98. The summed E-state index contributed by atoms with van der Waals surface area (Å²) in [5, 5.41) is 0. The summed E-state index contributed by atoms with van der Waals surface area (Å²) in [6.07, 6.45) is 3.18. The molecule has 0 radical (unpaired) electrons. The van der Waals surface area contributed by atoms with Crippen molar-refractivity contribution in [1.29, 1.82) is 0 Å². The number of Topliss-reactive ketones (excluding diaryl/α,β-unsaturated/α-hetero) is 1. The fraction of sp³-hybridized carbons (Fsp3) is 0.263. The molecule has 1 amide bonds. The van der Waals surface area contributed by atoms with Crippen molar-refractivity contribution in [2.24, 2.45) is 0 Å². The highest BCUT2D eigenvalue weighted by Gasteiger charge is 2.21. The first-order valence-electron chi connectivity index (χ1n) is 8.11. The van der Waals surface area contributed by atoms with Gasteiger partial charge in [-0.05, 0) is 38.1 Å². The molecule has 0 spiro atoms. The smallest absolute Gasteiger partial charge is 0.254 e. The van der Waals surface area contributed by atoms with Crippen LogP contribution in [-0.2, 0) is 11.3 Å². The van der Waals surface area contributed by atoms with Crippen LogP contribution in [0.15, 0.2) is 48.8 Å². The van der Waals surface area contributed by atoms with Crippen LogP contribution in [0.5, 0.6) is 0 Å². The maximum atomic E-state index is 12.6. The van der Waals surface area contributed by atoms with Gasteiger partial charge in [0.2, 0.25) is 0 Å². The number of amides is 1. The second-order valence-corrected chi connectivity index (χ2v) is 6.07. The number of nitrogens with zero attached hydrogens (tertiary/aromatic N) is 4. The molecule has 0 saturated heterocycles. The number of hydrogen-bond acceptors (Lipinski definition) is 4. The predicted octanol–water partition coefficient (Wildman–Crippen LogP) is 2.85. The molecule has 0 aliphatic heterocycles. The Labute approximate surface area is 146 Å². The van der Waals surface area contributed by atoms with Crippen LogP contribution in [0.1, 0.15) is 36.1 Å². The van der Waals surface area contributed by atoms with Gasteiger partial charge in [-0.2, -0.15) is 0 Å². The Balaban J connectivity index is 1.97. The minimum atomic E-state index is -0.341. The number of rotatable bonds is 5. The summed E-state index contributed by atoms with van der Waals surface area (Å²) in [5.74, 6) is 0.623. The molecule has 128 valence electrons. The number of fused-ring (bicyclic) bond motifs is 1. The van der Waals surface area contributed by atoms with Gasteiger partial charge in [0.05, 0.1) is 23.6 Å². The van der Waals surface area contributed by atoms with Crippen LogP contribution >= 0.6 is 0 Å². The number of para-hydroxylation sites is 2. The Morgan fingerprint density at radius 3 is 2.52 bits per heavy atom. The fourth-order valence-electron chi connectivity index (χ4n) is 2.82. The van der Waals surface area contributed by atoms with Crippen LogP contribution < -0.4 is 0 Å². The molecule has 2 aromatic heterocycles. The zero-order valence-electron chi connectivity index (χ0n) is 14.5. The SMILES string of the molecule is CC(=O)C(C)n1c(CN(C)C(=O)c2ccncc2)nc2ccccc21. The highest BCUT2D eigenvalue weighted by atomic mass is 16.2. The van der Waals surface area contributed by atoms with E-state index in [1.165, 1.54) is 0 Å². The lowest BCUT2D eigenvalue weighted by molar-refractivity contribution is -0.119. The number of carbonyl (C=O) groups is 2. The third kappa shape index (κ3) is 3.28. The van der Waals surface area contributed by atoms with Crippen molar-refractivity contribution in [1.82, 2.24) is 19.4 Å². The standard InChI is InChI=1S/C19H20N4O2/c1-13(14(2)24)23-17-7-5-4-6-16(17)21-18(23)12-22(3)19(25)15-8-10-20-11-9-15/h4-11,13H,12H2,1-3H3. The Morgan fingerprint density at radius 2 is 1.84 bits per heavy atom. The minimum absolute atomic E-state index is 0.0486. The Kier molecular flexibility index (Phi) is 4.61. The first-order valence-corrected chi connectivity index (χ1v) is 8.11. The summed E-state index contributed by atoms with van der Waals surface area (Å²) >= 11 is 0. The number of hydrogen-bond donors (Lipinski definition) is 0. The lowest BCUT2D eigenvalue weighted by Gasteiger charge is -2.20. The van der Waals surface area contributed by atoms with Crippen LogP contribution in [0.3, 0.4) is 0 Å². The molecular formula is C19H20N4O2. The summed E-state index contributed by atoms with van der Waals surface area (Å²) in [5.41, 5.74) is 2.28. The van der Waals surface area contributed by atoms with Crippen LogP contribution in [0, 0.1) is 0 Å². The van der Waals surface area contributed by atoms with Gasteiger partial charge in [-0.1, -0.05) is 12.1 Å². The zero-order valence-corrected chi connectivity index (χ0v) is 14.5. The van der Waals surface area contributed by atoms with Gasteiger partial charge in [-0.15, -0.1) is 0 Å². The van der Waals surface area contributed by atoms with E-state index in [1.54, 1.807) is 43.4 Å². The molecule has 25 heavy (non-hydrogen) atoms. The molecule has 0 aliphatic carbocycles. The van der Waals surface area contributed by atoms with E-state index >= 15 is 0 Å². The molecule has 0 N–H and O–H groups in total. The normalized spacial score (nSPS) is 12.1. The van der Waals surface area contributed by atoms with Gasteiger partial charge in [0, 0.05) is 25.0 Å². The van der Waals surface area contributed by atoms with Crippen molar-refractivity contribution in [3.05, 3.63) is 60.2 Å². The lowest BCUT2D eigenvalue weighted by atomic mass is 10.2. The maximum absolute atomic E-state index is 12.6. The summed E-state index contributed by atoms with van der Waals surface area (Å²) in [7, 11) is 1.73. The van der Waals surface area contributed by atoms with Gasteiger partial charge < -0.3 is 9.47 Å². The van der Waals surface area contributed by atoms with Gasteiger partial charge >= 0.3 is 0 Å². The van der Waals surface area contributed by atoms with E-state index in [2.05, 4.69) is 9.97 Å². The van der Waals surface area contributed by atoms with E-state index in [0.29, 0.717) is 17.9 Å². The summed E-state index contributed by atoms with van der Waals surface area (Å²) < 4.78 is 1.91. The van der Waals surface area contributed by atoms with E-state index in [0.717, 1.165) is 11.0 Å². The van der Waals surface area contributed by atoms with Crippen molar-refractivity contribution in [3.8, 4) is 0 Å². The van der Waals surface area contributed by atoms with Gasteiger partial charge in [0.15, 0.2) is 5.78 Å². The van der Waals surface area contributed by atoms with E-state index in [9.17, 15) is 9.59 Å². The van der Waals surface area contributed by atoms with Crippen molar-refractivity contribution in [2.75, 3.05) is 7.05 Å². The van der Waals surface area contributed by atoms with Crippen LogP contribution in [0.25, 0.3) is 11.0 Å². The Hall–Kier alpha value is -3.02. The Morgan fingerprint density at radius 1 is 1.16 bits per heavy atom. The first kappa shape index (κ1) is 16.8. The quantitative estimate of drug-likeness (QED) is 0.718. The van der Waals surface area contributed by atoms with Crippen molar-refractivity contribution >= 4 is 22.7 Å². The fourth-order valence-corrected chi connectivity index (χ4v) is 2.82. The summed E-state index contributed by atoms with van der Waals surface area (Å²) in [6.45, 7) is 3.73. The summed E-state index contributed by atoms with van der Waals surface area (Å²) in [6, 6.07) is 10.7. The monoisotopic (exact) mass is 336 g/mol. The van der Waals surface area contributed by atoms with Crippen molar-refractivity contribution in [3.63, 3.8) is 0 Å². The molecule has 0 bridgehead atoms. The lowest BCUT2D eigenvalue weighted by Crippen LogP contribution is -2.28. The van der Waals surface area contributed by atoms with E-state index in [1.807, 2.05) is 35.8 Å². The Bertz CT molecular complexity index is 918. The highest BCUT2D eigenvalue weighted by Crippen LogP contribution is 2.23. The number of aromatic nitrogens is 3. The molecule has 1 atom stereocenters. The third-order valence-corrected chi connectivity index (χ3v) is 4.30. The predicted molar refractivity (Wildman–Crippen MR) is 95.2 cm³/mol. The van der Waals surface area contributed by atoms with Crippen LogP contribution in [-0.4, -0.2) is 38.2 Å². The molecule has 0 fully saturated rings. The molecule has 6 heteroatoms. The third-order valence-electron chi connectivity index (χ3n) is 4.30. The topological polar surface area (TPSA) is 68.1 Å². The molecular weight excluding hydrogens is 316 g/mol. The van der Waals surface area contributed by atoms with Crippen molar-refractivity contribution < 1.29 is 9.59 Å². The summed E-state index contributed by atoms with van der Waals surface area (Å²) in [4.78, 5) is 34.7. The highest BCUT2D eigenvalue weighted by molar-refractivity contribution is 5.93. The molecule has 2 heterocycles. The number of carbonyl (C=O) groups excluding carboxylic acids is 2. The van der Waals surface area contributed by atoms with Gasteiger partial charge in [0.1, 0.15) is 5.82 Å². The zero-order chi connectivity index (χ0) is 18.0. The molecule has 0 aliphatic rings. The largest absolute Gasteiger partial charge is 0.334 e. The van der Waals surface area contributed by atoms with Gasteiger partial charge in [-0.25, -0.2) is 4.98 Å². The average molecular weight is 336 g/mol. The molecule has 3 aromatic rings. The van der Waals surface area contributed by atoms with E-state index in [4.69, 9.17) is 0 Å². The minimum Gasteiger partial charge on any atom is -0.334 e. The second-order valence-electron chi connectivity index (χ2n) is 6.07.